The lowest BCUT2D eigenvalue weighted by atomic mass is 9.83. The molecule has 152 valence electrons. The number of carbonyl (C=O) groups is 1. The van der Waals surface area contributed by atoms with Crippen molar-refractivity contribution in [2.45, 2.75) is 19.0 Å². The third-order valence-corrected chi connectivity index (χ3v) is 6.14. The molecule has 3 heterocycles. The largest absolute Gasteiger partial charge is 0.364 e. The Morgan fingerprint density at radius 2 is 1.87 bits per heavy atom. The highest BCUT2D eigenvalue weighted by Gasteiger charge is 2.41. The number of amides is 1. The van der Waals surface area contributed by atoms with Crippen LogP contribution >= 0.6 is 0 Å². The van der Waals surface area contributed by atoms with Crippen molar-refractivity contribution in [3.63, 3.8) is 0 Å². The highest BCUT2D eigenvalue weighted by atomic mass is 16.1. The number of benzene rings is 2. The molecule has 6 heteroatoms. The molecule has 2 aromatic carbocycles. The van der Waals surface area contributed by atoms with Crippen LogP contribution in [0, 0.1) is 5.92 Å². The highest BCUT2D eigenvalue weighted by molar-refractivity contribution is 5.82. The summed E-state index contributed by atoms with van der Waals surface area (Å²) < 4.78 is 0. The topological polar surface area (TPSA) is 61.4 Å². The standard InChI is InChI=1S/C24H25N5O/c30-24(27-15-18-6-2-1-3-7-18)20-14-19-8-4-5-9-21(19)29-13-12-28(17-22(20)29)23-16-25-10-11-26-23/h1-11,16,20,22H,12-15,17H2,(H,27,30). The van der Waals surface area contributed by atoms with E-state index in [1.807, 2.05) is 30.3 Å². The number of fused-ring (bicyclic) bond motifs is 3. The van der Waals surface area contributed by atoms with Gasteiger partial charge in [-0.05, 0) is 23.6 Å². The summed E-state index contributed by atoms with van der Waals surface area (Å²) >= 11 is 0. The number of hydrogen-bond acceptors (Lipinski definition) is 5. The van der Waals surface area contributed by atoms with E-state index in [4.69, 9.17) is 0 Å². The molecule has 1 saturated heterocycles. The van der Waals surface area contributed by atoms with Crippen LogP contribution in [0.1, 0.15) is 11.1 Å². The fourth-order valence-corrected chi connectivity index (χ4v) is 4.64. The first kappa shape index (κ1) is 18.6. The van der Waals surface area contributed by atoms with Gasteiger partial charge in [-0.25, -0.2) is 4.98 Å². The number of nitrogens with zero attached hydrogens (tertiary/aromatic N) is 4. The molecule has 1 fully saturated rings. The molecule has 0 bridgehead atoms. The van der Waals surface area contributed by atoms with Crippen molar-refractivity contribution in [3.8, 4) is 0 Å². The predicted molar refractivity (Wildman–Crippen MR) is 117 cm³/mol. The zero-order chi connectivity index (χ0) is 20.3. The SMILES string of the molecule is O=C(NCc1ccccc1)C1Cc2ccccc2N2CCN(c3cnccn3)CC12. The number of anilines is 2. The molecule has 1 N–H and O–H groups in total. The first-order chi connectivity index (χ1) is 14.8. The van der Waals surface area contributed by atoms with Crippen LogP contribution in [0.3, 0.4) is 0 Å². The average Bonchev–Trinajstić information content (AvgIpc) is 2.83. The molecule has 5 rings (SSSR count). The molecule has 2 unspecified atom stereocenters. The lowest BCUT2D eigenvalue weighted by molar-refractivity contribution is -0.126. The molecule has 6 nitrogen and oxygen atoms in total. The zero-order valence-corrected chi connectivity index (χ0v) is 16.8. The van der Waals surface area contributed by atoms with E-state index in [-0.39, 0.29) is 17.9 Å². The fraction of sp³-hybridized carbons (Fsp3) is 0.292. The van der Waals surface area contributed by atoms with Gasteiger partial charge in [0.15, 0.2) is 0 Å². The summed E-state index contributed by atoms with van der Waals surface area (Å²) in [5.74, 6) is 0.881. The number of aromatic nitrogens is 2. The lowest BCUT2D eigenvalue weighted by Gasteiger charge is -2.49. The van der Waals surface area contributed by atoms with E-state index < -0.39 is 0 Å². The van der Waals surface area contributed by atoms with Crippen LogP contribution in [0.2, 0.25) is 0 Å². The molecule has 2 atom stereocenters. The molecule has 0 aliphatic carbocycles. The molecule has 0 saturated carbocycles. The van der Waals surface area contributed by atoms with Gasteiger partial charge in [0, 0.05) is 44.3 Å². The maximum atomic E-state index is 13.3. The smallest absolute Gasteiger partial charge is 0.225 e. The Morgan fingerprint density at radius 3 is 2.70 bits per heavy atom. The van der Waals surface area contributed by atoms with Crippen molar-refractivity contribution in [2.75, 3.05) is 29.4 Å². The van der Waals surface area contributed by atoms with E-state index in [9.17, 15) is 4.79 Å². The molecule has 2 aliphatic rings. The van der Waals surface area contributed by atoms with Gasteiger partial charge >= 0.3 is 0 Å². The van der Waals surface area contributed by atoms with Crippen LogP contribution in [-0.4, -0.2) is 41.6 Å². The van der Waals surface area contributed by atoms with Gasteiger partial charge in [0.1, 0.15) is 5.82 Å². The van der Waals surface area contributed by atoms with Crippen LogP contribution in [0.4, 0.5) is 11.5 Å². The van der Waals surface area contributed by atoms with Crippen molar-refractivity contribution in [2.24, 2.45) is 5.92 Å². The first-order valence-electron chi connectivity index (χ1n) is 10.5. The summed E-state index contributed by atoms with van der Waals surface area (Å²) in [5, 5.41) is 3.18. The minimum absolute atomic E-state index is 0.103. The maximum Gasteiger partial charge on any atom is 0.225 e. The Bertz CT molecular complexity index is 1010. The number of rotatable bonds is 4. The van der Waals surface area contributed by atoms with Crippen LogP contribution in [0.25, 0.3) is 0 Å². The van der Waals surface area contributed by atoms with Crippen molar-refractivity contribution >= 4 is 17.4 Å². The second-order valence-corrected chi connectivity index (χ2v) is 7.91. The summed E-state index contributed by atoms with van der Waals surface area (Å²) in [5.41, 5.74) is 3.62. The number of hydrogen-bond donors (Lipinski definition) is 1. The normalized spacial score (nSPS) is 20.3. The Hall–Kier alpha value is -3.41. The van der Waals surface area contributed by atoms with Gasteiger partial charge < -0.3 is 15.1 Å². The summed E-state index contributed by atoms with van der Waals surface area (Å²) in [6, 6.07) is 18.7. The summed E-state index contributed by atoms with van der Waals surface area (Å²) in [6.07, 6.45) is 5.97. The van der Waals surface area contributed by atoms with E-state index >= 15 is 0 Å². The number of nitrogens with one attached hydrogen (secondary N) is 1. The van der Waals surface area contributed by atoms with Gasteiger partial charge in [-0.3, -0.25) is 9.78 Å². The van der Waals surface area contributed by atoms with E-state index in [0.29, 0.717) is 6.54 Å². The van der Waals surface area contributed by atoms with Crippen molar-refractivity contribution < 1.29 is 4.79 Å². The fourth-order valence-electron chi connectivity index (χ4n) is 4.64. The summed E-state index contributed by atoms with van der Waals surface area (Å²) in [6.45, 7) is 3.04. The highest BCUT2D eigenvalue weighted by Crippen LogP contribution is 2.36. The second kappa shape index (κ2) is 8.14. The number of para-hydroxylation sites is 1. The van der Waals surface area contributed by atoms with Gasteiger partial charge in [-0.1, -0.05) is 48.5 Å². The average molecular weight is 399 g/mol. The van der Waals surface area contributed by atoms with Crippen LogP contribution in [0.15, 0.2) is 73.2 Å². The van der Waals surface area contributed by atoms with Gasteiger partial charge in [-0.15, -0.1) is 0 Å². The van der Waals surface area contributed by atoms with Crippen molar-refractivity contribution in [3.05, 3.63) is 84.3 Å². The van der Waals surface area contributed by atoms with Gasteiger partial charge in [-0.2, -0.15) is 0 Å². The molecule has 1 amide bonds. The molecule has 0 radical (unpaired) electrons. The Kier molecular flexibility index (Phi) is 5.05. The van der Waals surface area contributed by atoms with Gasteiger partial charge in [0.05, 0.1) is 18.2 Å². The van der Waals surface area contributed by atoms with E-state index in [1.54, 1.807) is 18.6 Å². The molecule has 1 aromatic heterocycles. The minimum Gasteiger partial charge on any atom is -0.364 e. The van der Waals surface area contributed by atoms with E-state index in [2.05, 4.69) is 49.4 Å². The molecular weight excluding hydrogens is 374 g/mol. The van der Waals surface area contributed by atoms with Crippen LogP contribution in [0.5, 0.6) is 0 Å². The Balaban J connectivity index is 1.39. The zero-order valence-electron chi connectivity index (χ0n) is 16.8. The number of carbonyl (C=O) groups excluding carboxylic acids is 1. The predicted octanol–water partition coefficient (Wildman–Crippen LogP) is 2.66. The monoisotopic (exact) mass is 399 g/mol. The summed E-state index contributed by atoms with van der Waals surface area (Å²) in [7, 11) is 0. The molecule has 30 heavy (non-hydrogen) atoms. The quantitative estimate of drug-likeness (QED) is 0.731. The van der Waals surface area contributed by atoms with E-state index in [1.165, 1.54) is 11.3 Å². The third-order valence-electron chi connectivity index (χ3n) is 6.14. The maximum absolute atomic E-state index is 13.3. The van der Waals surface area contributed by atoms with Gasteiger partial charge in [0.25, 0.3) is 0 Å². The van der Waals surface area contributed by atoms with Crippen LogP contribution < -0.4 is 15.1 Å². The van der Waals surface area contributed by atoms with Crippen LogP contribution in [-0.2, 0) is 17.8 Å². The summed E-state index contributed by atoms with van der Waals surface area (Å²) in [4.78, 5) is 26.7. The first-order valence-corrected chi connectivity index (χ1v) is 10.5. The van der Waals surface area contributed by atoms with E-state index in [0.717, 1.165) is 37.4 Å². The minimum atomic E-state index is -0.108. The second-order valence-electron chi connectivity index (χ2n) is 7.91. The lowest BCUT2D eigenvalue weighted by Crippen LogP contribution is -2.61. The Morgan fingerprint density at radius 1 is 1.03 bits per heavy atom. The van der Waals surface area contributed by atoms with Crippen molar-refractivity contribution in [1.82, 2.24) is 15.3 Å². The van der Waals surface area contributed by atoms with Crippen molar-refractivity contribution in [1.29, 1.82) is 0 Å². The third kappa shape index (κ3) is 3.61. The van der Waals surface area contributed by atoms with Gasteiger partial charge in [0.2, 0.25) is 5.91 Å². The molecule has 0 spiro atoms. The number of piperazine rings is 1. The molecular formula is C24H25N5O. The molecule has 3 aromatic rings. The Labute approximate surface area is 176 Å². The molecule has 2 aliphatic heterocycles.